The number of hydrogen-bond donors (Lipinski definition) is 2. The van der Waals surface area contributed by atoms with E-state index in [-0.39, 0.29) is 24.5 Å². The van der Waals surface area contributed by atoms with Gasteiger partial charge in [0.1, 0.15) is 0 Å². The standard InChI is InChI=1S/C27H29N3O.C27H29NO3/c1-19(24-8-4-6-21-5-2-3-7-25(21)24)17-20-15-16-30(18-20)23-11-9-22(10-12-23)26-13-14-27(31)29-28-26;1-19(24-8-4-6-21-5-2-3-7-25(21)24)17-20-15-16-28(18-20)23-11-9-22(10-12-23)26(29)13-14-27(30)31/h2-12,19-20H,13-18H2,1H3,(H,29,31);2-12,19-20H,13-18H2,1H3,(H,30,31)/t2*19-,20+/m00/s1. The lowest BCUT2D eigenvalue weighted by molar-refractivity contribution is -0.137. The van der Waals surface area contributed by atoms with E-state index < -0.39 is 5.97 Å². The smallest absolute Gasteiger partial charge is 0.303 e. The first kappa shape index (κ1) is 42.4. The lowest BCUT2D eigenvalue weighted by Crippen LogP contribution is -2.26. The van der Waals surface area contributed by atoms with E-state index in [9.17, 15) is 14.4 Å². The highest BCUT2D eigenvalue weighted by atomic mass is 16.4. The minimum atomic E-state index is -0.939. The van der Waals surface area contributed by atoms with Crippen LogP contribution in [0.25, 0.3) is 21.5 Å². The van der Waals surface area contributed by atoms with Crippen LogP contribution in [-0.4, -0.2) is 54.7 Å². The minimum absolute atomic E-state index is 0.00112. The zero-order valence-electron chi connectivity index (χ0n) is 36.0. The first-order chi connectivity index (χ1) is 30.2. The second-order valence-corrected chi connectivity index (χ2v) is 17.6. The Balaban J connectivity index is 0.000000171. The number of carbonyl (C=O) groups is 3. The molecular weight excluding hydrogens is 769 g/mol. The van der Waals surface area contributed by atoms with Gasteiger partial charge in [-0.1, -0.05) is 111 Å². The number of benzene rings is 6. The van der Waals surface area contributed by atoms with Gasteiger partial charge in [-0.2, -0.15) is 5.10 Å². The molecule has 9 rings (SSSR count). The van der Waals surface area contributed by atoms with Crippen LogP contribution < -0.4 is 15.2 Å². The number of anilines is 2. The predicted molar refractivity (Wildman–Crippen MR) is 253 cm³/mol. The molecular formula is C54H58N4O4. The molecule has 3 heterocycles. The van der Waals surface area contributed by atoms with E-state index in [0.29, 0.717) is 42.1 Å². The largest absolute Gasteiger partial charge is 0.481 e. The average molecular weight is 827 g/mol. The quantitative estimate of drug-likeness (QED) is 0.112. The van der Waals surface area contributed by atoms with Gasteiger partial charge < -0.3 is 14.9 Å². The van der Waals surface area contributed by atoms with Crippen LogP contribution in [0.2, 0.25) is 0 Å². The van der Waals surface area contributed by atoms with Gasteiger partial charge in [0.2, 0.25) is 5.91 Å². The molecule has 4 atom stereocenters. The number of hydrazone groups is 1. The van der Waals surface area contributed by atoms with Crippen molar-refractivity contribution >= 4 is 56.3 Å². The molecule has 8 heteroatoms. The number of carboxylic acid groups (broad SMARTS) is 1. The summed E-state index contributed by atoms with van der Waals surface area (Å²) in [6.45, 7) is 9.00. The van der Waals surface area contributed by atoms with Crippen molar-refractivity contribution in [2.75, 3.05) is 36.0 Å². The summed E-state index contributed by atoms with van der Waals surface area (Å²) >= 11 is 0. The van der Waals surface area contributed by atoms with Gasteiger partial charge in [0.25, 0.3) is 0 Å². The third-order valence-corrected chi connectivity index (χ3v) is 13.2. The number of nitrogens with zero attached hydrogens (tertiary/aromatic N) is 3. The van der Waals surface area contributed by atoms with E-state index in [1.54, 1.807) is 0 Å². The van der Waals surface area contributed by atoms with Gasteiger partial charge in [0, 0.05) is 62.4 Å². The van der Waals surface area contributed by atoms with Crippen LogP contribution in [0, 0.1) is 11.8 Å². The fraction of sp³-hybridized carbons (Fsp3) is 0.333. The monoisotopic (exact) mass is 826 g/mol. The van der Waals surface area contributed by atoms with E-state index in [2.05, 4.69) is 143 Å². The second kappa shape index (κ2) is 19.6. The number of hydrogen-bond acceptors (Lipinski definition) is 6. The Morgan fingerprint density at radius 3 is 1.65 bits per heavy atom. The molecule has 2 N–H and O–H groups in total. The van der Waals surface area contributed by atoms with Gasteiger partial charge in [0.05, 0.1) is 12.1 Å². The number of carbonyl (C=O) groups excluding carboxylic acids is 2. The molecule has 0 spiro atoms. The molecule has 2 fully saturated rings. The number of aliphatic carboxylic acids is 1. The Labute approximate surface area is 365 Å². The molecule has 2 saturated heterocycles. The Kier molecular flexibility index (Phi) is 13.4. The molecule has 0 aliphatic carbocycles. The fourth-order valence-corrected chi connectivity index (χ4v) is 9.90. The highest BCUT2D eigenvalue weighted by Crippen LogP contribution is 2.36. The van der Waals surface area contributed by atoms with Crippen molar-refractivity contribution in [1.29, 1.82) is 0 Å². The number of carboxylic acids is 1. The number of rotatable bonds is 13. The molecule has 3 aliphatic heterocycles. The Morgan fingerprint density at radius 2 is 1.15 bits per heavy atom. The average Bonchev–Trinajstić information content (AvgIpc) is 3.98. The molecule has 8 nitrogen and oxygen atoms in total. The summed E-state index contributed by atoms with van der Waals surface area (Å²) in [5.74, 6) is 1.37. The van der Waals surface area contributed by atoms with Crippen molar-refractivity contribution in [2.45, 2.75) is 77.0 Å². The summed E-state index contributed by atoms with van der Waals surface area (Å²) in [7, 11) is 0. The van der Waals surface area contributed by atoms with Crippen LogP contribution in [0.1, 0.15) is 104 Å². The zero-order valence-corrected chi connectivity index (χ0v) is 36.0. The van der Waals surface area contributed by atoms with Crippen LogP contribution >= 0.6 is 0 Å². The minimum Gasteiger partial charge on any atom is -0.481 e. The topological polar surface area (TPSA) is 102 Å². The summed E-state index contributed by atoms with van der Waals surface area (Å²) in [5.41, 5.74) is 10.6. The number of ketones is 1. The predicted octanol–water partition coefficient (Wildman–Crippen LogP) is 11.4. The number of fused-ring (bicyclic) bond motifs is 2. The summed E-state index contributed by atoms with van der Waals surface area (Å²) in [5, 5.41) is 18.3. The van der Waals surface area contributed by atoms with Crippen molar-refractivity contribution in [3.63, 3.8) is 0 Å². The lowest BCUT2D eigenvalue weighted by Gasteiger charge is -2.21. The molecule has 6 aromatic carbocycles. The van der Waals surface area contributed by atoms with Gasteiger partial charge in [0.15, 0.2) is 5.78 Å². The van der Waals surface area contributed by atoms with Crippen LogP contribution in [0.5, 0.6) is 0 Å². The number of nitrogens with one attached hydrogen (secondary N) is 1. The highest BCUT2D eigenvalue weighted by molar-refractivity contribution is 6.04. The van der Waals surface area contributed by atoms with Gasteiger partial charge in [-0.3, -0.25) is 14.4 Å². The molecule has 0 saturated carbocycles. The molecule has 0 radical (unpaired) electrons. The number of amides is 1. The van der Waals surface area contributed by atoms with Crippen molar-refractivity contribution in [2.24, 2.45) is 16.9 Å². The molecule has 3 aliphatic rings. The Morgan fingerprint density at radius 1 is 0.645 bits per heavy atom. The fourth-order valence-electron chi connectivity index (χ4n) is 9.90. The summed E-state index contributed by atoms with van der Waals surface area (Å²) in [6, 6.07) is 46.9. The van der Waals surface area contributed by atoms with Crippen LogP contribution in [0.3, 0.4) is 0 Å². The zero-order chi connectivity index (χ0) is 43.0. The van der Waals surface area contributed by atoms with E-state index in [1.807, 2.05) is 24.3 Å². The first-order valence-electron chi connectivity index (χ1n) is 22.4. The van der Waals surface area contributed by atoms with Gasteiger partial charge in [-0.15, -0.1) is 0 Å². The maximum absolute atomic E-state index is 12.1. The number of Topliss-reactive ketones (excluding diaryl/α,β-unsaturated/α-hetero) is 1. The van der Waals surface area contributed by atoms with Gasteiger partial charge in [-0.05, 0) is 124 Å². The maximum atomic E-state index is 12.1. The van der Waals surface area contributed by atoms with E-state index in [1.165, 1.54) is 57.6 Å². The molecule has 6 aromatic rings. The van der Waals surface area contributed by atoms with E-state index in [4.69, 9.17) is 5.11 Å². The van der Waals surface area contributed by atoms with E-state index in [0.717, 1.165) is 49.6 Å². The molecule has 318 valence electrons. The third-order valence-electron chi connectivity index (χ3n) is 13.2. The SMILES string of the molecule is C[C@@H](C[C@H]1CCN(c2ccc(C(=O)CCC(=O)O)cc2)C1)c1cccc2ccccc12.C[C@@H](C[C@H]1CCN(c2ccc(C3=NNC(=O)CC3)cc2)C1)c1cccc2ccccc12. The van der Waals surface area contributed by atoms with Crippen LogP contribution in [0.4, 0.5) is 11.4 Å². The third kappa shape index (κ3) is 10.2. The van der Waals surface area contributed by atoms with Crippen molar-refractivity contribution < 1.29 is 19.5 Å². The van der Waals surface area contributed by atoms with Crippen LogP contribution in [0.15, 0.2) is 139 Å². The van der Waals surface area contributed by atoms with E-state index >= 15 is 0 Å². The normalized spacial score (nSPS) is 18.5. The lowest BCUT2D eigenvalue weighted by atomic mass is 9.87. The summed E-state index contributed by atoms with van der Waals surface area (Å²) < 4.78 is 0. The van der Waals surface area contributed by atoms with Crippen molar-refractivity contribution in [3.8, 4) is 0 Å². The molecule has 0 unspecified atom stereocenters. The molecule has 62 heavy (non-hydrogen) atoms. The van der Waals surface area contributed by atoms with Gasteiger partial charge >= 0.3 is 5.97 Å². The summed E-state index contributed by atoms with van der Waals surface area (Å²) in [6.07, 6.45) is 5.96. The Hall–Kier alpha value is -6.28. The van der Waals surface area contributed by atoms with Gasteiger partial charge in [-0.25, -0.2) is 5.43 Å². The maximum Gasteiger partial charge on any atom is 0.303 e. The molecule has 0 bridgehead atoms. The van der Waals surface area contributed by atoms with Crippen LogP contribution in [-0.2, 0) is 9.59 Å². The summed E-state index contributed by atoms with van der Waals surface area (Å²) in [4.78, 5) is 39.0. The Bertz CT molecular complexity index is 2540. The van der Waals surface area contributed by atoms with Crippen molar-refractivity contribution in [1.82, 2.24) is 5.43 Å². The second-order valence-electron chi connectivity index (χ2n) is 17.6. The highest BCUT2D eigenvalue weighted by Gasteiger charge is 2.27. The first-order valence-corrected chi connectivity index (χ1v) is 22.4. The van der Waals surface area contributed by atoms with Crippen molar-refractivity contribution in [3.05, 3.63) is 156 Å². The molecule has 0 aromatic heterocycles. The molecule has 1 amide bonds.